The second-order valence-corrected chi connectivity index (χ2v) is 5.77. The summed E-state index contributed by atoms with van der Waals surface area (Å²) in [5.41, 5.74) is 1.75. The van der Waals surface area contributed by atoms with Gasteiger partial charge in [0.2, 0.25) is 5.76 Å². The van der Waals surface area contributed by atoms with Gasteiger partial charge in [0, 0.05) is 11.8 Å². The van der Waals surface area contributed by atoms with Gasteiger partial charge < -0.3 is 14.5 Å². The van der Waals surface area contributed by atoms with Crippen LogP contribution >= 0.6 is 11.6 Å². The second kappa shape index (κ2) is 7.84. The molecule has 0 saturated carbocycles. The standard InChI is InChI=1S/C19H15ClN2O4/c1-12(18(23)22-15-8-5-10-21-17(15)20)26-19(24)16-14(9-11-25-16)13-6-3-2-4-7-13/h2-12H,1H3,(H,22,23). The largest absolute Gasteiger partial charge is 0.457 e. The Kier molecular flexibility index (Phi) is 5.34. The maximum Gasteiger partial charge on any atom is 0.375 e. The molecule has 2 aromatic heterocycles. The number of amides is 1. The van der Waals surface area contributed by atoms with Gasteiger partial charge in [-0.15, -0.1) is 0 Å². The van der Waals surface area contributed by atoms with Crippen molar-refractivity contribution in [3.8, 4) is 11.1 Å². The first kappa shape index (κ1) is 17.7. The summed E-state index contributed by atoms with van der Waals surface area (Å²) >= 11 is 5.90. The molecular weight excluding hydrogens is 356 g/mol. The first-order valence-corrected chi connectivity index (χ1v) is 8.19. The lowest BCUT2D eigenvalue weighted by Crippen LogP contribution is -2.30. The first-order chi connectivity index (χ1) is 12.6. The fourth-order valence-electron chi connectivity index (χ4n) is 2.29. The number of pyridine rings is 1. The second-order valence-electron chi connectivity index (χ2n) is 5.41. The number of ether oxygens (including phenoxy) is 1. The Morgan fingerprint density at radius 3 is 2.65 bits per heavy atom. The lowest BCUT2D eigenvalue weighted by Gasteiger charge is -2.13. The van der Waals surface area contributed by atoms with Crippen LogP contribution in [0.3, 0.4) is 0 Å². The molecule has 1 aromatic carbocycles. The van der Waals surface area contributed by atoms with E-state index >= 15 is 0 Å². The number of rotatable bonds is 5. The first-order valence-electron chi connectivity index (χ1n) is 7.81. The van der Waals surface area contributed by atoms with E-state index in [1.54, 1.807) is 18.2 Å². The van der Waals surface area contributed by atoms with Crippen LogP contribution in [0.15, 0.2) is 65.4 Å². The molecule has 0 aliphatic heterocycles. The van der Waals surface area contributed by atoms with Crippen molar-refractivity contribution in [2.75, 3.05) is 5.32 Å². The molecule has 6 nitrogen and oxygen atoms in total. The number of nitrogens with one attached hydrogen (secondary N) is 1. The summed E-state index contributed by atoms with van der Waals surface area (Å²) in [6, 6.07) is 14.2. The smallest absolute Gasteiger partial charge is 0.375 e. The van der Waals surface area contributed by atoms with Crippen LogP contribution in [0.4, 0.5) is 5.69 Å². The third kappa shape index (κ3) is 3.92. The number of hydrogen-bond acceptors (Lipinski definition) is 5. The van der Waals surface area contributed by atoms with E-state index in [1.807, 2.05) is 30.3 Å². The third-order valence-corrected chi connectivity index (χ3v) is 3.91. The van der Waals surface area contributed by atoms with Crippen molar-refractivity contribution < 1.29 is 18.7 Å². The minimum atomic E-state index is -1.05. The molecule has 1 unspecified atom stereocenters. The highest BCUT2D eigenvalue weighted by Crippen LogP contribution is 2.25. The van der Waals surface area contributed by atoms with Crippen LogP contribution < -0.4 is 5.32 Å². The molecule has 0 saturated heterocycles. The molecule has 1 N–H and O–H groups in total. The van der Waals surface area contributed by atoms with E-state index in [-0.39, 0.29) is 10.9 Å². The third-order valence-electron chi connectivity index (χ3n) is 3.61. The van der Waals surface area contributed by atoms with Crippen LogP contribution in [-0.4, -0.2) is 23.0 Å². The van der Waals surface area contributed by atoms with Crippen molar-refractivity contribution in [1.82, 2.24) is 4.98 Å². The molecule has 0 radical (unpaired) electrons. The van der Waals surface area contributed by atoms with Gasteiger partial charge in [0.25, 0.3) is 5.91 Å². The molecule has 7 heteroatoms. The zero-order chi connectivity index (χ0) is 18.5. The van der Waals surface area contributed by atoms with Crippen molar-refractivity contribution in [1.29, 1.82) is 0 Å². The summed E-state index contributed by atoms with van der Waals surface area (Å²) in [5.74, 6) is -1.22. The predicted molar refractivity (Wildman–Crippen MR) is 96.9 cm³/mol. The molecule has 1 atom stereocenters. The van der Waals surface area contributed by atoms with Crippen LogP contribution in [0.5, 0.6) is 0 Å². The number of halogens is 1. The molecule has 0 fully saturated rings. The average Bonchev–Trinajstić information content (AvgIpc) is 3.14. The maximum atomic E-state index is 12.4. The van der Waals surface area contributed by atoms with Crippen LogP contribution in [0.2, 0.25) is 5.15 Å². The number of furan rings is 1. The van der Waals surface area contributed by atoms with E-state index in [9.17, 15) is 9.59 Å². The minimum absolute atomic E-state index is 0.0373. The quantitative estimate of drug-likeness (QED) is 0.538. The SMILES string of the molecule is CC(OC(=O)c1occc1-c1ccccc1)C(=O)Nc1cccnc1Cl. The molecule has 132 valence electrons. The van der Waals surface area contributed by atoms with E-state index < -0.39 is 18.0 Å². The van der Waals surface area contributed by atoms with Crippen molar-refractivity contribution >= 4 is 29.2 Å². The Hall–Kier alpha value is -3.12. The van der Waals surface area contributed by atoms with Crippen molar-refractivity contribution in [3.05, 3.63) is 71.9 Å². The van der Waals surface area contributed by atoms with Gasteiger partial charge in [-0.25, -0.2) is 9.78 Å². The average molecular weight is 371 g/mol. The fraction of sp³-hybridized carbons (Fsp3) is 0.105. The van der Waals surface area contributed by atoms with Gasteiger partial charge >= 0.3 is 5.97 Å². The molecule has 0 bridgehead atoms. The number of anilines is 1. The summed E-state index contributed by atoms with van der Waals surface area (Å²) in [4.78, 5) is 28.5. The minimum Gasteiger partial charge on any atom is -0.457 e. The lowest BCUT2D eigenvalue weighted by molar-refractivity contribution is -0.123. The number of benzene rings is 1. The van der Waals surface area contributed by atoms with Crippen molar-refractivity contribution in [2.45, 2.75) is 13.0 Å². The molecular formula is C19H15ClN2O4. The monoisotopic (exact) mass is 370 g/mol. The molecule has 0 aliphatic rings. The summed E-state index contributed by atoms with van der Waals surface area (Å²) in [5, 5.41) is 2.72. The fourth-order valence-corrected chi connectivity index (χ4v) is 2.46. The highest BCUT2D eigenvalue weighted by molar-refractivity contribution is 6.32. The molecule has 1 amide bonds. The van der Waals surface area contributed by atoms with Gasteiger partial charge in [-0.05, 0) is 30.7 Å². The highest BCUT2D eigenvalue weighted by Gasteiger charge is 2.24. The Morgan fingerprint density at radius 2 is 1.92 bits per heavy atom. The number of hydrogen-bond donors (Lipinski definition) is 1. The lowest BCUT2D eigenvalue weighted by atomic mass is 10.1. The topological polar surface area (TPSA) is 81.4 Å². The van der Waals surface area contributed by atoms with Gasteiger partial charge in [0.05, 0.1) is 12.0 Å². The van der Waals surface area contributed by atoms with Gasteiger partial charge in [-0.3, -0.25) is 4.79 Å². The summed E-state index contributed by atoms with van der Waals surface area (Å²) in [6.07, 6.45) is 1.86. The normalized spacial score (nSPS) is 11.6. The number of carbonyl (C=O) groups is 2. The molecule has 3 rings (SSSR count). The highest BCUT2D eigenvalue weighted by atomic mass is 35.5. The van der Waals surface area contributed by atoms with Gasteiger partial charge in [0.1, 0.15) is 0 Å². The predicted octanol–water partition coefficient (Wildman–Crippen LogP) is 4.18. The molecule has 0 spiro atoms. The van der Waals surface area contributed by atoms with Crippen LogP contribution in [0, 0.1) is 0 Å². The van der Waals surface area contributed by atoms with E-state index in [2.05, 4.69) is 10.3 Å². The molecule has 3 aromatic rings. The Balaban J connectivity index is 1.70. The zero-order valence-electron chi connectivity index (χ0n) is 13.8. The number of aromatic nitrogens is 1. The Bertz CT molecular complexity index is 924. The van der Waals surface area contributed by atoms with E-state index in [0.29, 0.717) is 11.3 Å². The van der Waals surface area contributed by atoms with Gasteiger partial charge in [0.15, 0.2) is 11.3 Å². The summed E-state index contributed by atoms with van der Waals surface area (Å²) < 4.78 is 10.5. The van der Waals surface area contributed by atoms with E-state index in [4.69, 9.17) is 20.8 Å². The van der Waals surface area contributed by atoms with Gasteiger partial charge in [-0.2, -0.15) is 0 Å². The number of nitrogens with zero attached hydrogens (tertiary/aromatic N) is 1. The van der Waals surface area contributed by atoms with Crippen molar-refractivity contribution in [3.63, 3.8) is 0 Å². The number of carbonyl (C=O) groups excluding carboxylic acids is 2. The molecule has 2 heterocycles. The van der Waals surface area contributed by atoms with E-state index in [1.165, 1.54) is 19.4 Å². The Labute approximate surface area is 154 Å². The summed E-state index contributed by atoms with van der Waals surface area (Å²) in [7, 11) is 0. The van der Waals surface area contributed by atoms with Crippen LogP contribution in [0.25, 0.3) is 11.1 Å². The Morgan fingerprint density at radius 1 is 1.15 bits per heavy atom. The van der Waals surface area contributed by atoms with Crippen LogP contribution in [-0.2, 0) is 9.53 Å². The molecule has 0 aliphatic carbocycles. The van der Waals surface area contributed by atoms with E-state index in [0.717, 1.165) is 5.56 Å². The maximum absolute atomic E-state index is 12.4. The van der Waals surface area contributed by atoms with Gasteiger partial charge in [-0.1, -0.05) is 41.9 Å². The summed E-state index contributed by atoms with van der Waals surface area (Å²) in [6.45, 7) is 1.46. The number of esters is 1. The molecule has 26 heavy (non-hydrogen) atoms. The van der Waals surface area contributed by atoms with Crippen LogP contribution in [0.1, 0.15) is 17.5 Å². The zero-order valence-corrected chi connectivity index (χ0v) is 14.6. The van der Waals surface area contributed by atoms with Crippen molar-refractivity contribution in [2.24, 2.45) is 0 Å².